The lowest BCUT2D eigenvalue weighted by Gasteiger charge is -2.23. The van der Waals surface area contributed by atoms with Crippen LogP contribution in [0.4, 0.5) is 15.8 Å². The smallest absolute Gasteiger partial charge is 0.265 e. The molecule has 0 radical (unpaired) electrons. The van der Waals surface area contributed by atoms with Gasteiger partial charge in [-0.1, -0.05) is 18.2 Å². The second kappa shape index (κ2) is 7.77. The Balaban J connectivity index is 1.51. The number of nitrogens with zero attached hydrogens (tertiary/aromatic N) is 1. The van der Waals surface area contributed by atoms with Crippen LogP contribution in [0.3, 0.4) is 0 Å². The molecule has 0 aliphatic carbocycles. The molecule has 3 aromatic carbocycles. The molecule has 6 nitrogen and oxygen atoms in total. The molecule has 0 saturated heterocycles. The third-order valence-electron chi connectivity index (χ3n) is 5.27. The van der Waals surface area contributed by atoms with Gasteiger partial charge in [-0.15, -0.1) is 0 Å². The van der Waals surface area contributed by atoms with Gasteiger partial charge in [0.2, 0.25) is 0 Å². The molecule has 0 fully saturated rings. The summed E-state index contributed by atoms with van der Waals surface area (Å²) in [5.74, 6) is -0.373. The molecule has 0 bridgehead atoms. The van der Waals surface area contributed by atoms with E-state index in [1.807, 2.05) is 24.3 Å². The summed E-state index contributed by atoms with van der Waals surface area (Å²) < 4.78 is 18.9. The molecule has 5 rings (SSSR count). The van der Waals surface area contributed by atoms with Crippen molar-refractivity contribution in [1.82, 2.24) is 4.98 Å². The largest absolute Gasteiger partial charge is 0.479 e. The Hall–Kier alpha value is -4.26. The molecule has 0 saturated carbocycles. The van der Waals surface area contributed by atoms with Gasteiger partial charge in [0.1, 0.15) is 11.6 Å². The number of anilines is 2. The van der Waals surface area contributed by atoms with Crippen LogP contribution in [0.1, 0.15) is 17.3 Å². The summed E-state index contributed by atoms with van der Waals surface area (Å²) in [6, 6.07) is 20.1. The van der Waals surface area contributed by atoms with Gasteiger partial charge < -0.3 is 15.4 Å². The standard InChI is InChI=1S/C25H18FN3O3/c1-14-24(30)29-22-12-17(10-11-23(22)32-14)27-25(31)19-13-21(15-6-8-16(26)9-7-15)28-20-5-3-2-4-18(19)20/h2-14H,1H3,(H,27,31)(H,29,30)/t14-/m1/s1. The quantitative estimate of drug-likeness (QED) is 0.482. The van der Waals surface area contributed by atoms with Gasteiger partial charge in [0.15, 0.2) is 6.10 Å². The highest BCUT2D eigenvalue weighted by Crippen LogP contribution is 2.33. The number of fused-ring (bicyclic) bond motifs is 2. The van der Waals surface area contributed by atoms with Crippen molar-refractivity contribution < 1.29 is 18.7 Å². The Labute approximate surface area is 183 Å². The minimum absolute atomic E-state index is 0.245. The van der Waals surface area contributed by atoms with Crippen molar-refractivity contribution in [3.05, 3.63) is 84.2 Å². The number of hydrogen-bond donors (Lipinski definition) is 2. The van der Waals surface area contributed by atoms with E-state index in [1.165, 1.54) is 12.1 Å². The van der Waals surface area contributed by atoms with Crippen LogP contribution in [0.5, 0.6) is 5.75 Å². The zero-order chi connectivity index (χ0) is 22.2. The van der Waals surface area contributed by atoms with E-state index in [1.54, 1.807) is 43.3 Å². The van der Waals surface area contributed by atoms with Gasteiger partial charge in [-0.3, -0.25) is 9.59 Å². The number of hydrogen-bond acceptors (Lipinski definition) is 4. The zero-order valence-corrected chi connectivity index (χ0v) is 17.1. The molecule has 0 unspecified atom stereocenters. The van der Waals surface area contributed by atoms with Crippen LogP contribution in [0.25, 0.3) is 22.2 Å². The fourth-order valence-electron chi connectivity index (χ4n) is 3.62. The highest BCUT2D eigenvalue weighted by Gasteiger charge is 2.24. The van der Waals surface area contributed by atoms with E-state index >= 15 is 0 Å². The van der Waals surface area contributed by atoms with Crippen LogP contribution in [0.15, 0.2) is 72.8 Å². The third-order valence-corrected chi connectivity index (χ3v) is 5.27. The number of ether oxygens (including phenoxy) is 1. The number of carbonyl (C=O) groups is 2. The predicted molar refractivity (Wildman–Crippen MR) is 120 cm³/mol. The summed E-state index contributed by atoms with van der Waals surface area (Å²) in [4.78, 5) is 29.8. The number of amides is 2. The minimum Gasteiger partial charge on any atom is -0.479 e. The first-order chi connectivity index (χ1) is 15.5. The molecule has 4 aromatic rings. The molecule has 7 heteroatoms. The van der Waals surface area contributed by atoms with Crippen molar-refractivity contribution in [2.45, 2.75) is 13.0 Å². The van der Waals surface area contributed by atoms with E-state index in [4.69, 9.17) is 4.74 Å². The minimum atomic E-state index is -0.573. The predicted octanol–water partition coefficient (Wildman–Crippen LogP) is 5.01. The van der Waals surface area contributed by atoms with Crippen molar-refractivity contribution >= 4 is 34.1 Å². The number of halogens is 1. The van der Waals surface area contributed by atoms with Crippen LogP contribution in [0.2, 0.25) is 0 Å². The van der Waals surface area contributed by atoms with E-state index in [2.05, 4.69) is 15.6 Å². The second-order valence-corrected chi connectivity index (χ2v) is 7.49. The SMILES string of the molecule is C[C@H]1Oc2ccc(NC(=O)c3cc(-c4ccc(F)cc4)nc4ccccc34)cc2NC1=O. The van der Waals surface area contributed by atoms with Crippen LogP contribution in [-0.2, 0) is 4.79 Å². The molecule has 158 valence electrons. The van der Waals surface area contributed by atoms with Crippen molar-refractivity contribution in [2.24, 2.45) is 0 Å². The van der Waals surface area contributed by atoms with Gasteiger partial charge in [0.25, 0.3) is 11.8 Å². The molecule has 2 amide bonds. The van der Waals surface area contributed by atoms with Gasteiger partial charge in [0, 0.05) is 16.6 Å². The van der Waals surface area contributed by atoms with E-state index in [0.717, 1.165) is 0 Å². The van der Waals surface area contributed by atoms with Gasteiger partial charge in [0.05, 0.1) is 22.5 Å². The first-order valence-electron chi connectivity index (χ1n) is 10.1. The summed E-state index contributed by atoms with van der Waals surface area (Å²) in [7, 11) is 0. The fourth-order valence-corrected chi connectivity index (χ4v) is 3.62. The van der Waals surface area contributed by atoms with Crippen molar-refractivity contribution in [3.8, 4) is 17.0 Å². The normalized spacial score (nSPS) is 14.9. The molecule has 32 heavy (non-hydrogen) atoms. The summed E-state index contributed by atoms with van der Waals surface area (Å²) in [5.41, 5.74) is 3.36. The molecule has 2 N–H and O–H groups in total. The monoisotopic (exact) mass is 427 g/mol. The van der Waals surface area contributed by atoms with E-state index in [0.29, 0.717) is 44.8 Å². The average molecular weight is 427 g/mol. The molecular weight excluding hydrogens is 409 g/mol. The number of benzene rings is 3. The molecule has 1 aliphatic heterocycles. The second-order valence-electron chi connectivity index (χ2n) is 7.49. The molecule has 1 aliphatic rings. The lowest BCUT2D eigenvalue weighted by Crippen LogP contribution is -2.34. The first-order valence-corrected chi connectivity index (χ1v) is 10.1. The number of pyridine rings is 1. The maximum absolute atomic E-state index is 13.4. The van der Waals surface area contributed by atoms with Gasteiger partial charge in [-0.05, 0) is 61.5 Å². The van der Waals surface area contributed by atoms with Crippen molar-refractivity contribution in [3.63, 3.8) is 0 Å². The number of aromatic nitrogens is 1. The third kappa shape index (κ3) is 3.65. The van der Waals surface area contributed by atoms with Crippen LogP contribution < -0.4 is 15.4 Å². The fraction of sp³-hybridized carbons (Fsp3) is 0.0800. The van der Waals surface area contributed by atoms with Gasteiger partial charge in [-0.25, -0.2) is 9.37 Å². The topological polar surface area (TPSA) is 80.3 Å². The summed E-state index contributed by atoms with van der Waals surface area (Å²) in [6.07, 6.45) is -0.573. The van der Waals surface area contributed by atoms with Crippen molar-refractivity contribution in [2.75, 3.05) is 10.6 Å². The van der Waals surface area contributed by atoms with Crippen molar-refractivity contribution in [1.29, 1.82) is 0 Å². The Morgan fingerprint density at radius 2 is 1.84 bits per heavy atom. The van der Waals surface area contributed by atoms with Gasteiger partial charge in [-0.2, -0.15) is 0 Å². The lowest BCUT2D eigenvalue weighted by atomic mass is 10.0. The summed E-state index contributed by atoms with van der Waals surface area (Å²) >= 11 is 0. The lowest BCUT2D eigenvalue weighted by molar-refractivity contribution is -0.122. The Morgan fingerprint density at radius 1 is 1.06 bits per heavy atom. The maximum atomic E-state index is 13.4. The Kier molecular flexibility index (Phi) is 4.78. The summed E-state index contributed by atoms with van der Waals surface area (Å²) in [6.45, 7) is 1.67. The zero-order valence-electron chi connectivity index (χ0n) is 17.1. The Bertz CT molecular complexity index is 1370. The first kappa shape index (κ1) is 19.7. The highest BCUT2D eigenvalue weighted by molar-refractivity contribution is 6.13. The number of nitrogens with one attached hydrogen (secondary N) is 2. The molecule has 1 atom stereocenters. The average Bonchev–Trinajstić information content (AvgIpc) is 2.79. The van der Waals surface area contributed by atoms with Gasteiger partial charge >= 0.3 is 0 Å². The molecule has 2 heterocycles. The molecule has 0 spiro atoms. The number of rotatable bonds is 3. The van der Waals surface area contributed by atoms with E-state index in [9.17, 15) is 14.0 Å². The van der Waals surface area contributed by atoms with E-state index < -0.39 is 6.10 Å². The highest BCUT2D eigenvalue weighted by atomic mass is 19.1. The van der Waals surface area contributed by atoms with Crippen LogP contribution >= 0.6 is 0 Å². The number of carbonyl (C=O) groups excluding carboxylic acids is 2. The molecular formula is C25H18FN3O3. The summed E-state index contributed by atoms with van der Waals surface area (Å²) in [5, 5.41) is 6.35. The van der Waals surface area contributed by atoms with Crippen LogP contribution in [0, 0.1) is 5.82 Å². The molecule has 1 aromatic heterocycles. The van der Waals surface area contributed by atoms with Crippen LogP contribution in [-0.4, -0.2) is 22.9 Å². The maximum Gasteiger partial charge on any atom is 0.265 e. The Morgan fingerprint density at radius 3 is 2.66 bits per heavy atom. The van der Waals surface area contributed by atoms with E-state index in [-0.39, 0.29) is 17.6 Å². The number of para-hydroxylation sites is 1.